The summed E-state index contributed by atoms with van der Waals surface area (Å²) in [4.78, 5) is 25.9. The molecular weight excluding hydrogens is 270 g/mol. The minimum Gasteiger partial charge on any atom is -0.312 e. The summed E-state index contributed by atoms with van der Waals surface area (Å²) >= 11 is 0. The van der Waals surface area contributed by atoms with Crippen LogP contribution < -0.4 is 10.3 Å². The fourth-order valence-corrected chi connectivity index (χ4v) is 2.33. The van der Waals surface area contributed by atoms with Crippen LogP contribution in [0.2, 0.25) is 0 Å². The molecule has 2 heterocycles. The Morgan fingerprint density at radius 2 is 1.90 bits per heavy atom. The van der Waals surface area contributed by atoms with Gasteiger partial charge in [-0.3, -0.25) is 15.0 Å². The third-order valence-electron chi connectivity index (χ3n) is 3.50. The topological polar surface area (TPSA) is 80.1 Å². The minimum absolute atomic E-state index is 0.0391. The van der Waals surface area contributed by atoms with Gasteiger partial charge in [0, 0.05) is 18.7 Å². The maximum atomic E-state index is 12.1. The van der Waals surface area contributed by atoms with Gasteiger partial charge < -0.3 is 4.90 Å². The third-order valence-corrected chi connectivity index (χ3v) is 3.50. The van der Waals surface area contributed by atoms with Gasteiger partial charge in [0.1, 0.15) is 12.7 Å². The Hall–Kier alpha value is -2.70. The van der Waals surface area contributed by atoms with Crippen LogP contribution in [0, 0.1) is 12.8 Å². The van der Waals surface area contributed by atoms with Gasteiger partial charge in [0.25, 0.3) is 0 Å². The molecule has 1 fully saturated rings. The van der Waals surface area contributed by atoms with Crippen molar-refractivity contribution in [2.75, 3.05) is 16.9 Å². The van der Waals surface area contributed by atoms with Crippen LogP contribution in [0.1, 0.15) is 12.0 Å². The van der Waals surface area contributed by atoms with E-state index in [4.69, 9.17) is 0 Å². The molecule has 0 radical (unpaired) electrons. The zero-order chi connectivity index (χ0) is 14.8. The molecule has 1 aliphatic rings. The number of carbonyl (C=O) groups excluding carboxylic acids is 2. The molecule has 1 atom stereocenters. The van der Waals surface area contributed by atoms with Crippen LogP contribution in [0.15, 0.2) is 36.9 Å². The molecule has 2 aromatic rings. The lowest BCUT2D eigenvalue weighted by Crippen LogP contribution is -2.31. The van der Waals surface area contributed by atoms with E-state index in [0.29, 0.717) is 6.54 Å². The van der Waals surface area contributed by atoms with Crippen LogP contribution in [0.4, 0.5) is 5.69 Å². The lowest BCUT2D eigenvalue weighted by molar-refractivity contribution is -0.123. The van der Waals surface area contributed by atoms with Crippen molar-refractivity contribution in [3.05, 3.63) is 42.5 Å². The van der Waals surface area contributed by atoms with Gasteiger partial charge in [0.05, 0.1) is 5.92 Å². The van der Waals surface area contributed by atoms with Gasteiger partial charge in [0.15, 0.2) is 0 Å². The molecule has 1 N–H and O–H groups in total. The molecular formula is C14H15N5O2. The second-order valence-electron chi connectivity index (χ2n) is 5.09. The van der Waals surface area contributed by atoms with E-state index < -0.39 is 0 Å². The standard InChI is InChI=1S/C14H15N5O2/c1-10-2-4-12(5-3-10)19-7-11(6-13(19)20)14(21)17-18-8-15-16-9-18/h2-5,8-9,11H,6-7H2,1H3,(H,17,21). The average molecular weight is 285 g/mol. The quantitative estimate of drug-likeness (QED) is 0.900. The number of rotatable bonds is 3. The van der Waals surface area contributed by atoms with E-state index in [0.717, 1.165) is 11.3 Å². The number of aromatic nitrogens is 3. The highest BCUT2D eigenvalue weighted by Gasteiger charge is 2.35. The first-order chi connectivity index (χ1) is 10.1. The van der Waals surface area contributed by atoms with E-state index in [1.165, 1.54) is 17.3 Å². The molecule has 3 rings (SSSR count). The molecule has 1 aromatic heterocycles. The largest absolute Gasteiger partial charge is 0.312 e. The lowest BCUT2D eigenvalue weighted by atomic mass is 10.1. The number of carbonyl (C=O) groups is 2. The molecule has 7 nitrogen and oxygen atoms in total. The van der Waals surface area contributed by atoms with Gasteiger partial charge in [-0.2, -0.15) is 0 Å². The Morgan fingerprint density at radius 1 is 1.24 bits per heavy atom. The number of benzene rings is 1. The second kappa shape index (κ2) is 5.35. The molecule has 0 spiro atoms. The Morgan fingerprint density at radius 3 is 2.57 bits per heavy atom. The van der Waals surface area contributed by atoms with Crippen molar-refractivity contribution in [1.29, 1.82) is 0 Å². The molecule has 1 unspecified atom stereocenters. The number of aryl methyl sites for hydroxylation is 1. The van der Waals surface area contributed by atoms with Gasteiger partial charge in [-0.15, -0.1) is 10.2 Å². The summed E-state index contributed by atoms with van der Waals surface area (Å²) in [5.74, 6) is -0.623. The van der Waals surface area contributed by atoms with Crippen molar-refractivity contribution in [3.63, 3.8) is 0 Å². The van der Waals surface area contributed by atoms with Crippen molar-refractivity contribution >= 4 is 17.5 Å². The van der Waals surface area contributed by atoms with Crippen LogP contribution in [0.5, 0.6) is 0 Å². The molecule has 7 heteroatoms. The van der Waals surface area contributed by atoms with E-state index >= 15 is 0 Å². The molecule has 2 amide bonds. The van der Waals surface area contributed by atoms with E-state index in [1.54, 1.807) is 4.90 Å². The SMILES string of the molecule is Cc1ccc(N2CC(C(=O)Nn3cnnc3)CC2=O)cc1. The summed E-state index contributed by atoms with van der Waals surface area (Å²) in [5, 5.41) is 7.22. The first-order valence-electron chi connectivity index (χ1n) is 6.66. The van der Waals surface area contributed by atoms with E-state index in [9.17, 15) is 9.59 Å². The molecule has 0 bridgehead atoms. The van der Waals surface area contributed by atoms with Crippen molar-refractivity contribution < 1.29 is 9.59 Å². The Bertz CT molecular complexity index is 651. The van der Waals surface area contributed by atoms with Crippen molar-refractivity contribution in [3.8, 4) is 0 Å². The summed E-state index contributed by atoms with van der Waals surface area (Å²) in [7, 11) is 0. The molecule has 0 saturated carbocycles. The number of hydrogen-bond acceptors (Lipinski definition) is 4. The molecule has 1 aliphatic heterocycles. The van der Waals surface area contributed by atoms with Gasteiger partial charge in [-0.25, -0.2) is 4.68 Å². The summed E-state index contributed by atoms with van der Waals surface area (Å²) in [6.07, 6.45) is 3.00. The van der Waals surface area contributed by atoms with Gasteiger partial charge >= 0.3 is 0 Å². The highest BCUT2D eigenvalue weighted by Crippen LogP contribution is 2.25. The monoisotopic (exact) mass is 285 g/mol. The molecule has 1 aromatic carbocycles. The molecule has 21 heavy (non-hydrogen) atoms. The number of anilines is 1. The smallest absolute Gasteiger partial charge is 0.244 e. The molecule has 1 saturated heterocycles. The predicted molar refractivity (Wildman–Crippen MR) is 76.0 cm³/mol. The Labute approximate surface area is 121 Å². The summed E-state index contributed by atoms with van der Waals surface area (Å²) in [6, 6.07) is 7.70. The maximum Gasteiger partial charge on any atom is 0.244 e. The van der Waals surface area contributed by atoms with Crippen LogP contribution in [-0.4, -0.2) is 33.2 Å². The summed E-state index contributed by atoms with van der Waals surface area (Å²) in [6.45, 7) is 2.38. The number of hydrogen-bond donors (Lipinski definition) is 1. The first kappa shape index (κ1) is 13.3. The maximum absolute atomic E-state index is 12.1. The van der Waals surface area contributed by atoms with E-state index in [-0.39, 0.29) is 24.2 Å². The van der Waals surface area contributed by atoms with Crippen LogP contribution >= 0.6 is 0 Å². The van der Waals surface area contributed by atoms with E-state index in [2.05, 4.69) is 15.6 Å². The Kier molecular flexibility index (Phi) is 3.39. The average Bonchev–Trinajstić information content (AvgIpc) is 3.09. The molecule has 0 aliphatic carbocycles. The van der Waals surface area contributed by atoms with Gasteiger partial charge in [-0.05, 0) is 19.1 Å². The van der Waals surface area contributed by atoms with Crippen LogP contribution in [-0.2, 0) is 9.59 Å². The van der Waals surface area contributed by atoms with Crippen molar-refractivity contribution in [1.82, 2.24) is 14.9 Å². The highest BCUT2D eigenvalue weighted by atomic mass is 16.2. The zero-order valence-electron chi connectivity index (χ0n) is 11.6. The fourth-order valence-electron chi connectivity index (χ4n) is 2.33. The van der Waals surface area contributed by atoms with Crippen molar-refractivity contribution in [2.24, 2.45) is 5.92 Å². The zero-order valence-corrected chi connectivity index (χ0v) is 11.6. The lowest BCUT2D eigenvalue weighted by Gasteiger charge is -2.16. The van der Waals surface area contributed by atoms with Crippen LogP contribution in [0.25, 0.3) is 0 Å². The second-order valence-corrected chi connectivity index (χ2v) is 5.09. The van der Waals surface area contributed by atoms with Crippen LogP contribution in [0.3, 0.4) is 0 Å². The highest BCUT2D eigenvalue weighted by molar-refractivity contribution is 6.01. The first-order valence-corrected chi connectivity index (χ1v) is 6.66. The summed E-state index contributed by atoms with van der Waals surface area (Å²) < 4.78 is 1.38. The number of nitrogens with one attached hydrogen (secondary N) is 1. The minimum atomic E-state index is -0.374. The predicted octanol–water partition coefficient (Wildman–Crippen LogP) is 0.710. The molecule has 108 valence electrons. The normalized spacial score (nSPS) is 18.0. The van der Waals surface area contributed by atoms with Gasteiger partial charge in [-0.1, -0.05) is 17.7 Å². The van der Waals surface area contributed by atoms with E-state index in [1.807, 2.05) is 31.2 Å². The third kappa shape index (κ3) is 2.76. The summed E-state index contributed by atoms with van der Waals surface area (Å²) in [5.41, 5.74) is 4.60. The van der Waals surface area contributed by atoms with Gasteiger partial charge in [0.2, 0.25) is 11.8 Å². The Balaban J connectivity index is 1.69. The number of nitrogens with zero attached hydrogens (tertiary/aromatic N) is 4. The number of amides is 2. The fraction of sp³-hybridized carbons (Fsp3) is 0.286. The van der Waals surface area contributed by atoms with Crippen molar-refractivity contribution in [2.45, 2.75) is 13.3 Å².